The average molecular weight is 559 g/mol. The van der Waals surface area contributed by atoms with Crippen molar-refractivity contribution in [2.75, 3.05) is 0 Å². The summed E-state index contributed by atoms with van der Waals surface area (Å²) in [4.78, 5) is 0.450. The van der Waals surface area contributed by atoms with Crippen LogP contribution >= 0.6 is 22.7 Å². The van der Waals surface area contributed by atoms with E-state index in [-0.39, 0.29) is 21.3 Å². The highest BCUT2D eigenvalue weighted by Gasteiger charge is 2.29. The molecule has 6 aromatic rings. The van der Waals surface area contributed by atoms with E-state index in [1.165, 1.54) is 0 Å². The molecule has 0 fully saturated rings. The monoisotopic (exact) mass is 558 g/mol. The van der Waals surface area contributed by atoms with Gasteiger partial charge in [0.05, 0.1) is 9.75 Å². The second kappa shape index (κ2) is 8.13. The smallest absolute Gasteiger partial charge is 0.359 e. The van der Waals surface area contributed by atoms with E-state index in [1.807, 2.05) is 36.4 Å². The van der Waals surface area contributed by atoms with Crippen LogP contribution in [0, 0.1) is 0 Å². The highest BCUT2D eigenvalue weighted by Crippen LogP contribution is 2.55. The third-order valence-electron chi connectivity index (χ3n) is 5.66. The van der Waals surface area contributed by atoms with Crippen LogP contribution in [0.3, 0.4) is 0 Å². The van der Waals surface area contributed by atoms with Gasteiger partial charge in [-0.2, -0.15) is 16.8 Å². The molecule has 0 amide bonds. The Morgan fingerprint density at radius 2 is 0.944 bits per heavy atom. The van der Waals surface area contributed by atoms with E-state index in [0.29, 0.717) is 30.9 Å². The quantitative estimate of drug-likeness (QED) is 0.231. The van der Waals surface area contributed by atoms with Crippen molar-refractivity contribution in [2.45, 2.75) is 0 Å². The lowest BCUT2D eigenvalue weighted by Crippen LogP contribution is -2.08. The van der Waals surface area contributed by atoms with Crippen molar-refractivity contribution in [3.8, 4) is 21.3 Å². The molecular weight excluding hydrogens is 545 g/mol. The van der Waals surface area contributed by atoms with Crippen LogP contribution < -0.4 is 8.37 Å². The topological polar surface area (TPSA) is 127 Å². The third-order valence-corrected chi connectivity index (χ3v) is 8.85. The molecule has 2 aromatic heterocycles. The molecule has 0 bridgehead atoms. The molecule has 0 atom stereocenters. The van der Waals surface area contributed by atoms with Crippen molar-refractivity contribution in [2.24, 2.45) is 0 Å². The molecule has 0 aliphatic carbocycles. The van der Waals surface area contributed by atoms with E-state index in [0.717, 1.165) is 33.4 Å². The van der Waals surface area contributed by atoms with E-state index >= 15 is 0 Å². The fourth-order valence-corrected chi connectivity index (χ4v) is 7.62. The van der Waals surface area contributed by atoms with Gasteiger partial charge in [0.2, 0.25) is 0 Å². The Hall–Kier alpha value is -3.26. The Labute approximate surface area is 212 Å². The van der Waals surface area contributed by atoms with Crippen LogP contribution in [0.1, 0.15) is 0 Å². The number of hydrogen-bond acceptors (Lipinski definition) is 8. The minimum absolute atomic E-state index is 0.162. The molecule has 182 valence electrons. The molecule has 0 aliphatic rings. The van der Waals surface area contributed by atoms with Crippen molar-refractivity contribution in [3.63, 3.8) is 0 Å². The lowest BCUT2D eigenvalue weighted by atomic mass is 10.0. The molecule has 2 heterocycles. The highest BCUT2D eigenvalue weighted by atomic mass is 32.3. The normalized spacial score (nSPS) is 12.6. The molecule has 0 saturated heterocycles. The second-order valence-corrected chi connectivity index (χ2v) is 12.0. The maximum Gasteiger partial charge on any atom is 0.446 e. The summed E-state index contributed by atoms with van der Waals surface area (Å²) < 4.78 is 78.3. The van der Waals surface area contributed by atoms with Crippen LogP contribution in [0.15, 0.2) is 72.8 Å². The van der Waals surface area contributed by atoms with Gasteiger partial charge in [-0.15, -0.1) is 22.7 Å². The summed E-state index contributed by atoms with van der Waals surface area (Å²) in [5, 5.41) is 3.86. The van der Waals surface area contributed by atoms with Crippen LogP contribution in [0.5, 0.6) is 11.5 Å². The van der Waals surface area contributed by atoms with Crippen LogP contribution in [0.25, 0.3) is 51.5 Å². The molecular formula is C24H14O8S4. The number of benzene rings is 4. The van der Waals surface area contributed by atoms with Gasteiger partial charge in [-0.05, 0) is 33.7 Å². The lowest BCUT2D eigenvalue weighted by molar-refractivity contribution is 0.385. The molecule has 4 aromatic carbocycles. The minimum Gasteiger partial charge on any atom is -0.359 e. The highest BCUT2D eigenvalue weighted by molar-refractivity contribution is 7.81. The summed E-state index contributed by atoms with van der Waals surface area (Å²) in [7, 11) is -9.90. The van der Waals surface area contributed by atoms with Crippen LogP contribution in [-0.2, 0) is 20.8 Å². The summed E-state index contributed by atoms with van der Waals surface area (Å²) in [6, 6.07) is 21.8. The van der Waals surface area contributed by atoms with Gasteiger partial charge in [-0.3, -0.25) is 9.11 Å². The Kier molecular flexibility index (Phi) is 5.23. The average Bonchev–Trinajstić information content (AvgIpc) is 3.35. The molecule has 8 nitrogen and oxygen atoms in total. The van der Waals surface area contributed by atoms with Gasteiger partial charge in [-0.25, -0.2) is 0 Å². The summed E-state index contributed by atoms with van der Waals surface area (Å²) in [6.07, 6.45) is 0. The van der Waals surface area contributed by atoms with Gasteiger partial charge in [0.1, 0.15) is 0 Å². The molecule has 0 radical (unpaired) electrons. The predicted octanol–water partition coefficient (Wildman–Crippen LogP) is 6.45. The second-order valence-electron chi connectivity index (χ2n) is 7.86. The van der Waals surface area contributed by atoms with Crippen molar-refractivity contribution in [1.82, 2.24) is 0 Å². The Balaban J connectivity index is 1.77. The first-order valence-electron chi connectivity index (χ1n) is 10.3. The fraction of sp³-hybridized carbons (Fsp3) is 0. The fourth-order valence-electron chi connectivity index (χ4n) is 4.35. The van der Waals surface area contributed by atoms with E-state index in [4.69, 9.17) is 8.37 Å². The first-order valence-corrected chi connectivity index (χ1v) is 14.7. The predicted molar refractivity (Wildman–Crippen MR) is 142 cm³/mol. The van der Waals surface area contributed by atoms with Crippen molar-refractivity contribution in [3.05, 3.63) is 72.8 Å². The van der Waals surface area contributed by atoms with E-state index in [2.05, 4.69) is 0 Å². The first kappa shape index (κ1) is 23.2. The maximum absolute atomic E-state index is 11.9. The summed E-state index contributed by atoms with van der Waals surface area (Å²) in [6.45, 7) is 0. The molecule has 36 heavy (non-hydrogen) atoms. The molecule has 0 spiro atoms. The standard InChI is InChI=1S/C24H14O8S4/c25-35(26,27)31-21-19-15-7-3-1-5-13(15)9-11-17(19)33-23(21)24-22(32-36(28,29)30)20-16-8-4-2-6-14(16)10-12-18(20)34-24/h1-12H,(H,25,26,27)(H,28,29,30). The molecule has 12 heteroatoms. The summed E-state index contributed by atoms with van der Waals surface area (Å²) in [5.74, 6) is -0.323. The van der Waals surface area contributed by atoms with Crippen molar-refractivity contribution >= 4 is 85.2 Å². The van der Waals surface area contributed by atoms with Gasteiger partial charge in [-0.1, -0.05) is 60.7 Å². The third kappa shape index (κ3) is 3.97. The number of hydrogen-bond donors (Lipinski definition) is 2. The Morgan fingerprint density at radius 1 is 0.556 bits per heavy atom. The largest absolute Gasteiger partial charge is 0.446 e. The van der Waals surface area contributed by atoms with Gasteiger partial charge in [0.25, 0.3) is 0 Å². The van der Waals surface area contributed by atoms with Gasteiger partial charge >= 0.3 is 20.8 Å². The molecule has 2 N–H and O–H groups in total. The summed E-state index contributed by atoms with van der Waals surface area (Å²) >= 11 is 2.29. The molecule has 0 aliphatic heterocycles. The van der Waals surface area contributed by atoms with E-state index in [1.54, 1.807) is 36.4 Å². The van der Waals surface area contributed by atoms with Gasteiger partial charge < -0.3 is 8.37 Å². The van der Waals surface area contributed by atoms with E-state index in [9.17, 15) is 25.9 Å². The number of fused-ring (bicyclic) bond motifs is 6. The molecule has 0 saturated carbocycles. The van der Waals surface area contributed by atoms with Gasteiger partial charge in [0, 0.05) is 20.2 Å². The first-order chi connectivity index (χ1) is 17.1. The number of rotatable bonds is 5. The van der Waals surface area contributed by atoms with Crippen LogP contribution in [0.4, 0.5) is 0 Å². The molecule has 6 rings (SSSR count). The molecule has 0 unspecified atom stereocenters. The van der Waals surface area contributed by atoms with Gasteiger partial charge in [0.15, 0.2) is 11.5 Å². The van der Waals surface area contributed by atoms with Crippen LogP contribution in [-0.4, -0.2) is 25.9 Å². The van der Waals surface area contributed by atoms with Crippen LogP contribution in [0.2, 0.25) is 0 Å². The minimum atomic E-state index is -4.95. The lowest BCUT2D eigenvalue weighted by Gasteiger charge is -2.08. The zero-order valence-corrected chi connectivity index (χ0v) is 21.2. The SMILES string of the molecule is O=S(=O)(O)Oc1c(-c2sc3ccc4ccccc4c3c2OS(=O)(=O)O)sc2ccc3ccccc3c12. The Bertz CT molecular complexity index is 1900. The van der Waals surface area contributed by atoms with Crippen molar-refractivity contribution < 1.29 is 34.3 Å². The zero-order valence-electron chi connectivity index (χ0n) is 17.9. The maximum atomic E-state index is 11.9. The summed E-state index contributed by atoms with van der Waals surface area (Å²) in [5.41, 5.74) is 0. The van der Waals surface area contributed by atoms with Crippen molar-refractivity contribution in [1.29, 1.82) is 0 Å². The zero-order chi connectivity index (χ0) is 25.2. The van der Waals surface area contributed by atoms with E-state index < -0.39 is 20.8 Å². The Morgan fingerprint density at radius 3 is 1.33 bits per heavy atom. The number of thiophene rings is 2.